The van der Waals surface area contributed by atoms with Gasteiger partial charge in [-0.05, 0) is 50.2 Å². The lowest BCUT2D eigenvalue weighted by Gasteiger charge is -2.10. The number of anilines is 1. The number of hydrogen-bond donors (Lipinski definition) is 1. The quantitative estimate of drug-likeness (QED) is 0.797. The molecule has 0 fully saturated rings. The lowest BCUT2D eigenvalue weighted by atomic mass is 10.2. The molecule has 0 aliphatic rings. The second kappa shape index (κ2) is 6.11. The molecule has 1 heterocycles. The summed E-state index contributed by atoms with van der Waals surface area (Å²) in [6.45, 7) is 3.92. The van der Waals surface area contributed by atoms with Crippen molar-refractivity contribution in [1.29, 1.82) is 0 Å². The van der Waals surface area contributed by atoms with Crippen LogP contribution in [0, 0.1) is 0 Å². The minimum Gasteiger partial charge on any atom is -0.491 e. The van der Waals surface area contributed by atoms with Crippen LogP contribution in [0.4, 0.5) is 5.69 Å². The maximum Gasteiger partial charge on any atom is 0.255 e. The molecule has 1 aromatic heterocycles. The molecule has 1 amide bonds. The van der Waals surface area contributed by atoms with Gasteiger partial charge in [0.25, 0.3) is 5.91 Å². The van der Waals surface area contributed by atoms with E-state index < -0.39 is 0 Å². The zero-order valence-corrected chi connectivity index (χ0v) is 13.1. The summed E-state index contributed by atoms with van der Waals surface area (Å²) >= 11 is 1.13. The Bertz CT molecular complexity index is 797. The van der Waals surface area contributed by atoms with Crippen LogP contribution in [0.15, 0.2) is 42.5 Å². The fourth-order valence-electron chi connectivity index (χ4n) is 2.06. The van der Waals surface area contributed by atoms with Crippen LogP contribution in [-0.2, 0) is 0 Å². The Morgan fingerprint density at radius 3 is 2.64 bits per heavy atom. The van der Waals surface area contributed by atoms with E-state index in [0.29, 0.717) is 16.8 Å². The predicted octanol–water partition coefficient (Wildman–Crippen LogP) is 3.73. The van der Waals surface area contributed by atoms with Crippen molar-refractivity contribution in [3.63, 3.8) is 0 Å². The Morgan fingerprint density at radius 2 is 1.91 bits per heavy atom. The third kappa shape index (κ3) is 3.07. The number of benzene rings is 2. The molecule has 5 nitrogen and oxygen atoms in total. The van der Waals surface area contributed by atoms with Crippen LogP contribution >= 0.6 is 11.7 Å². The number of rotatable bonds is 4. The normalized spacial score (nSPS) is 10.9. The topological polar surface area (TPSA) is 64.1 Å². The SMILES string of the molecule is CC(C)Oc1ccc(C(=O)Nc2cccc3nsnc23)cc1. The van der Waals surface area contributed by atoms with E-state index in [1.54, 1.807) is 24.3 Å². The summed E-state index contributed by atoms with van der Waals surface area (Å²) in [5.41, 5.74) is 2.72. The number of fused-ring (bicyclic) bond motifs is 1. The molecule has 112 valence electrons. The molecule has 0 atom stereocenters. The first-order valence-corrected chi connectivity index (χ1v) is 7.66. The molecular weight excluding hydrogens is 298 g/mol. The molecule has 2 aromatic carbocycles. The van der Waals surface area contributed by atoms with Crippen molar-refractivity contribution >= 4 is 34.4 Å². The number of aromatic nitrogens is 2. The Balaban J connectivity index is 1.78. The fourth-order valence-corrected chi connectivity index (χ4v) is 2.61. The molecule has 22 heavy (non-hydrogen) atoms. The summed E-state index contributed by atoms with van der Waals surface area (Å²) < 4.78 is 13.9. The van der Waals surface area contributed by atoms with Gasteiger partial charge in [-0.2, -0.15) is 8.75 Å². The summed E-state index contributed by atoms with van der Waals surface area (Å²) in [5.74, 6) is 0.564. The number of carbonyl (C=O) groups excluding carboxylic acids is 1. The second-order valence-electron chi connectivity index (χ2n) is 5.08. The molecule has 0 unspecified atom stereocenters. The summed E-state index contributed by atoms with van der Waals surface area (Å²) in [6, 6.07) is 12.6. The highest BCUT2D eigenvalue weighted by Crippen LogP contribution is 2.22. The number of nitrogens with zero attached hydrogens (tertiary/aromatic N) is 2. The molecule has 3 rings (SSSR count). The molecule has 0 saturated heterocycles. The molecule has 0 radical (unpaired) electrons. The van der Waals surface area contributed by atoms with E-state index in [0.717, 1.165) is 23.0 Å². The van der Waals surface area contributed by atoms with E-state index in [1.165, 1.54) is 0 Å². The Hall–Kier alpha value is -2.47. The van der Waals surface area contributed by atoms with E-state index in [2.05, 4.69) is 14.1 Å². The minimum absolute atomic E-state index is 0.106. The molecule has 1 N–H and O–H groups in total. The lowest BCUT2D eigenvalue weighted by molar-refractivity contribution is 0.102. The van der Waals surface area contributed by atoms with Gasteiger partial charge < -0.3 is 10.1 Å². The predicted molar refractivity (Wildman–Crippen MR) is 87.6 cm³/mol. The monoisotopic (exact) mass is 313 g/mol. The van der Waals surface area contributed by atoms with Gasteiger partial charge in [0.05, 0.1) is 23.5 Å². The first kappa shape index (κ1) is 14.5. The number of amides is 1. The second-order valence-corrected chi connectivity index (χ2v) is 5.61. The van der Waals surface area contributed by atoms with E-state index >= 15 is 0 Å². The van der Waals surface area contributed by atoms with Gasteiger partial charge in [-0.25, -0.2) is 0 Å². The lowest BCUT2D eigenvalue weighted by Crippen LogP contribution is -2.12. The highest BCUT2D eigenvalue weighted by Gasteiger charge is 2.10. The van der Waals surface area contributed by atoms with Crippen molar-refractivity contribution in [2.75, 3.05) is 5.32 Å². The number of hydrogen-bond acceptors (Lipinski definition) is 5. The first-order chi connectivity index (χ1) is 10.6. The smallest absolute Gasteiger partial charge is 0.255 e. The summed E-state index contributed by atoms with van der Waals surface area (Å²) in [7, 11) is 0. The zero-order valence-electron chi connectivity index (χ0n) is 12.2. The maximum absolute atomic E-state index is 12.3. The Morgan fingerprint density at radius 1 is 1.14 bits per heavy atom. The maximum atomic E-state index is 12.3. The van der Waals surface area contributed by atoms with Gasteiger partial charge >= 0.3 is 0 Å². The van der Waals surface area contributed by atoms with Crippen molar-refractivity contribution < 1.29 is 9.53 Å². The standard InChI is InChI=1S/C16H15N3O2S/c1-10(2)21-12-8-6-11(7-9-12)16(20)17-13-4-3-5-14-15(13)19-22-18-14/h3-10H,1-2H3,(H,17,20). The van der Waals surface area contributed by atoms with Gasteiger partial charge in [0.1, 0.15) is 16.8 Å². The van der Waals surface area contributed by atoms with Gasteiger partial charge in [0.15, 0.2) is 0 Å². The highest BCUT2D eigenvalue weighted by molar-refractivity contribution is 7.00. The van der Waals surface area contributed by atoms with Crippen molar-refractivity contribution in [3.05, 3.63) is 48.0 Å². The van der Waals surface area contributed by atoms with Crippen molar-refractivity contribution in [2.45, 2.75) is 20.0 Å². The Kier molecular flexibility index (Phi) is 4.02. The fraction of sp³-hybridized carbons (Fsp3) is 0.188. The van der Waals surface area contributed by atoms with Crippen LogP contribution in [0.5, 0.6) is 5.75 Å². The molecule has 0 saturated carbocycles. The van der Waals surface area contributed by atoms with Crippen LogP contribution in [-0.4, -0.2) is 20.8 Å². The molecule has 0 aliphatic heterocycles. The van der Waals surface area contributed by atoms with Gasteiger partial charge in [-0.15, -0.1) is 0 Å². The van der Waals surface area contributed by atoms with Gasteiger partial charge in [0.2, 0.25) is 0 Å². The highest BCUT2D eigenvalue weighted by atomic mass is 32.1. The van der Waals surface area contributed by atoms with Crippen LogP contribution < -0.4 is 10.1 Å². The van der Waals surface area contributed by atoms with E-state index in [9.17, 15) is 4.79 Å². The molecular formula is C16H15N3O2S. The average molecular weight is 313 g/mol. The minimum atomic E-state index is -0.184. The van der Waals surface area contributed by atoms with Crippen LogP contribution in [0.25, 0.3) is 11.0 Å². The van der Waals surface area contributed by atoms with Crippen LogP contribution in [0.2, 0.25) is 0 Å². The van der Waals surface area contributed by atoms with E-state index in [1.807, 2.05) is 32.0 Å². The summed E-state index contributed by atoms with van der Waals surface area (Å²) in [5, 5.41) is 2.87. The largest absolute Gasteiger partial charge is 0.491 e. The number of ether oxygens (including phenoxy) is 1. The molecule has 0 aliphatic carbocycles. The van der Waals surface area contributed by atoms with Gasteiger partial charge in [0, 0.05) is 5.56 Å². The molecule has 3 aromatic rings. The third-order valence-corrected chi connectivity index (χ3v) is 3.57. The molecule has 0 bridgehead atoms. The number of nitrogens with one attached hydrogen (secondary N) is 1. The van der Waals surface area contributed by atoms with Crippen LogP contribution in [0.3, 0.4) is 0 Å². The van der Waals surface area contributed by atoms with Crippen molar-refractivity contribution in [2.24, 2.45) is 0 Å². The molecule has 0 spiro atoms. The van der Waals surface area contributed by atoms with Crippen molar-refractivity contribution in [1.82, 2.24) is 8.75 Å². The molecule has 6 heteroatoms. The average Bonchev–Trinajstić information content (AvgIpc) is 2.97. The third-order valence-electron chi connectivity index (χ3n) is 3.02. The summed E-state index contributed by atoms with van der Waals surface area (Å²) in [4.78, 5) is 12.3. The summed E-state index contributed by atoms with van der Waals surface area (Å²) in [6.07, 6.45) is 0.106. The van der Waals surface area contributed by atoms with Crippen LogP contribution in [0.1, 0.15) is 24.2 Å². The van der Waals surface area contributed by atoms with Gasteiger partial charge in [-0.3, -0.25) is 4.79 Å². The van der Waals surface area contributed by atoms with E-state index in [4.69, 9.17) is 4.74 Å². The first-order valence-electron chi connectivity index (χ1n) is 6.93. The van der Waals surface area contributed by atoms with Gasteiger partial charge in [-0.1, -0.05) is 6.07 Å². The number of carbonyl (C=O) groups is 1. The zero-order chi connectivity index (χ0) is 15.5. The van der Waals surface area contributed by atoms with E-state index in [-0.39, 0.29) is 12.0 Å². The Labute approximate surface area is 132 Å². The van der Waals surface area contributed by atoms with Crippen molar-refractivity contribution in [3.8, 4) is 5.75 Å².